The number of hydrogen-bond acceptors (Lipinski definition) is 1. The summed E-state index contributed by atoms with van der Waals surface area (Å²) >= 11 is 0. The third-order valence-corrected chi connectivity index (χ3v) is 4.00. The lowest BCUT2D eigenvalue weighted by Gasteiger charge is -2.29. The zero-order valence-corrected chi connectivity index (χ0v) is 11.0. The molecular formula is C17H19N. The van der Waals surface area contributed by atoms with Crippen LogP contribution in [0.1, 0.15) is 28.2 Å². The molecule has 18 heavy (non-hydrogen) atoms. The van der Waals surface area contributed by atoms with E-state index in [0.29, 0.717) is 5.92 Å². The Morgan fingerprint density at radius 1 is 0.944 bits per heavy atom. The van der Waals surface area contributed by atoms with E-state index in [4.69, 9.17) is 0 Å². The van der Waals surface area contributed by atoms with Crippen molar-refractivity contribution in [3.05, 3.63) is 64.7 Å². The number of fused-ring (bicyclic) bond motifs is 1. The van der Waals surface area contributed by atoms with Crippen LogP contribution in [0.2, 0.25) is 0 Å². The van der Waals surface area contributed by atoms with Gasteiger partial charge < -0.3 is 5.32 Å². The molecule has 0 fully saturated rings. The average molecular weight is 237 g/mol. The number of benzene rings is 2. The minimum absolute atomic E-state index is 0.596. The SMILES string of the molecule is Cc1ccc(C)c2c1CC(c1ccccc1)CN2. The lowest BCUT2D eigenvalue weighted by molar-refractivity contribution is 0.690. The van der Waals surface area contributed by atoms with Crippen LogP contribution in [0.4, 0.5) is 5.69 Å². The molecule has 1 heterocycles. The van der Waals surface area contributed by atoms with Crippen molar-refractivity contribution in [1.29, 1.82) is 0 Å². The molecule has 2 aromatic carbocycles. The van der Waals surface area contributed by atoms with Gasteiger partial charge in [-0.15, -0.1) is 0 Å². The van der Waals surface area contributed by atoms with Crippen LogP contribution < -0.4 is 5.32 Å². The molecule has 1 N–H and O–H groups in total. The average Bonchev–Trinajstić information content (AvgIpc) is 2.44. The number of nitrogens with one attached hydrogen (secondary N) is 1. The Balaban J connectivity index is 1.96. The summed E-state index contributed by atoms with van der Waals surface area (Å²) in [5.41, 5.74) is 7.07. The molecule has 0 radical (unpaired) electrons. The summed E-state index contributed by atoms with van der Waals surface area (Å²) in [6.07, 6.45) is 1.15. The predicted octanol–water partition coefficient (Wildman–Crippen LogP) is 4.06. The number of aryl methyl sites for hydroxylation is 2. The minimum Gasteiger partial charge on any atom is -0.384 e. The van der Waals surface area contributed by atoms with Gasteiger partial charge in [0, 0.05) is 18.2 Å². The van der Waals surface area contributed by atoms with Crippen molar-refractivity contribution < 1.29 is 0 Å². The van der Waals surface area contributed by atoms with Crippen molar-refractivity contribution in [2.45, 2.75) is 26.2 Å². The van der Waals surface area contributed by atoms with E-state index < -0.39 is 0 Å². The molecule has 92 valence electrons. The topological polar surface area (TPSA) is 12.0 Å². The first-order chi connectivity index (χ1) is 8.75. The van der Waals surface area contributed by atoms with Gasteiger partial charge in [0.1, 0.15) is 0 Å². The molecule has 1 aliphatic rings. The Bertz CT molecular complexity index is 557. The molecule has 0 aliphatic carbocycles. The number of hydrogen-bond donors (Lipinski definition) is 1. The highest BCUT2D eigenvalue weighted by molar-refractivity contribution is 5.62. The third kappa shape index (κ3) is 1.90. The van der Waals surface area contributed by atoms with Crippen LogP contribution in [-0.2, 0) is 6.42 Å². The van der Waals surface area contributed by atoms with Gasteiger partial charge in [0.2, 0.25) is 0 Å². The van der Waals surface area contributed by atoms with Crippen LogP contribution in [0.15, 0.2) is 42.5 Å². The number of rotatable bonds is 1. The summed E-state index contributed by atoms with van der Waals surface area (Å²) in [4.78, 5) is 0. The van der Waals surface area contributed by atoms with E-state index in [1.807, 2.05) is 0 Å². The lowest BCUT2D eigenvalue weighted by atomic mass is 9.85. The van der Waals surface area contributed by atoms with E-state index in [1.54, 1.807) is 0 Å². The van der Waals surface area contributed by atoms with Gasteiger partial charge in [-0.1, -0.05) is 42.5 Å². The van der Waals surface area contributed by atoms with Crippen LogP contribution in [0.5, 0.6) is 0 Å². The first-order valence-electron chi connectivity index (χ1n) is 6.63. The van der Waals surface area contributed by atoms with Crippen LogP contribution in [0, 0.1) is 13.8 Å². The van der Waals surface area contributed by atoms with Gasteiger partial charge in [0.15, 0.2) is 0 Å². The largest absolute Gasteiger partial charge is 0.384 e. The monoisotopic (exact) mass is 237 g/mol. The van der Waals surface area contributed by atoms with Gasteiger partial charge in [-0.3, -0.25) is 0 Å². The maximum Gasteiger partial charge on any atom is 0.0405 e. The van der Waals surface area contributed by atoms with E-state index in [2.05, 4.69) is 61.6 Å². The highest BCUT2D eigenvalue weighted by Crippen LogP contribution is 2.34. The first kappa shape index (κ1) is 11.3. The molecular weight excluding hydrogens is 218 g/mol. The fraction of sp³-hybridized carbons (Fsp3) is 0.294. The molecule has 1 unspecified atom stereocenters. The fourth-order valence-electron chi connectivity index (χ4n) is 2.88. The Kier molecular flexibility index (Phi) is 2.83. The predicted molar refractivity (Wildman–Crippen MR) is 77.3 cm³/mol. The Morgan fingerprint density at radius 2 is 1.67 bits per heavy atom. The smallest absolute Gasteiger partial charge is 0.0405 e. The van der Waals surface area contributed by atoms with Gasteiger partial charge in [-0.2, -0.15) is 0 Å². The Hall–Kier alpha value is -1.76. The standard InChI is InChI=1S/C17H19N/c1-12-8-9-13(2)17-16(12)10-15(11-18-17)14-6-4-3-5-7-14/h3-9,15,18H,10-11H2,1-2H3. The van der Waals surface area contributed by atoms with Crippen LogP contribution in [0.3, 0.4) is 0 Å². The maximum absolute atomic E-state index is 3.62. The zero-order chi connectivity index (χ0) is 12.5. The van der Waals surface area contributed by atoms with E-state index in [0.717, 1.165) is 13.0 Å². The zero-order valence-electron chi connectivity index (χ0n) is 11.0. The summed E-state index contributed by atoms with van der Waals surface area (Å²) in [6, 6.07) is 15.3. The number of anilines is 1. The molecule has 0 spiro atoms. The fourth-order valence-corrected chi connectivity index (χ4v) is 2.88. The second-order valence-corrected chi connectivity index (χ2v) is 5.25. The molecule has 0 aromatic heterocycles. The van der Waals surface area contributed by atoms with Crippen LogP contribution >= 0.6 is 0 Å². The first-order valence-corrected chi connectivity index (χ1v) is 6.63. The van der Waals surface area contributed by atoms with Crippen LogP contribution in [-0.4, -0.2) is 6.54 Å². The molecule has 0 saturated heterocycles. The van der Waals surface area contributed by atoms with Crippen molar-refractivity contribution in [2.24, 2.45) is 0 Å². The van der Waals surface area contributed by atoms with Crippen molar-refractivity contribution in [1.82, 2.24) is 0 Å². The Morgan fingerprint density at radius 3 is 2.44 bits per heavy atom. The van der Waals surface area contributed by atoms with Gasteiger partial charge in [-0.25, -0.2) is 0 Å². The normalized spacial score (nSPS) is 18.0. The molecule has 0 bridgehead atoms. The van der Waals surface area contributed by atoms with E-state index in [-0.39, 0.29) is 0 Å². The van der Waals surface area contributed by atoms with Crippen molar-refractivity contribution >= 4 is 5.69 Å². The lowest BCUT2D eigenvalue weighted by Crippen LogP contribution is -2.23. The summed E-state index contributed by atoms with van der Waals surface area (Å²) < 4.78 is 0. The van der Waals surface area contributed by atoms with Gasteiger partial charge in [0.25, 0.3) is 0 Å². The third-order valence-electron chi connectivity index (χ3n) is 4.00. The molecule has 3 rings (SSSR count). The van der Waals surface area contributed by atoms with Crippen molar-refractivity contribution in [3.63, 3.8) is 0 Å². The molecule has 0 saturated carbocycles. The molecule has 0 amide bonds. The molecule has 1 aliphatic heterocycles. The second kappa shape index (κ2) is 4.49. The van der Waals surface area contributed by atoms with Crippen LogP contribution in [0.25, 0.3) is 0 Å². The van der Waals surface area contributed by atoms with E-state index in [9.17, 15) is 0 Å². The van der Waals surface area contributed by atoms with Crippen molar-refractivity contribution in [3.8, 4) is 0 Å². The highest BCUT2D eigenvalue weighted by atomic mass is 14.9. The Labute approximate surface area is 109 Å². The highest BCUT2D eigenvalue weighted by Gasteiger charge is 2.21. The summed E-state index contributed by atoms with van der Waals surface area (Å²) in [6.45, 7) is 5.45. The minimum atomic E-state index is 0.596. The van der Waals surface area contributed by atoms with Gasteiger partial charge in [0.05, 0.1) is 0 Å². The maximum atomic E-state index is 3.62. The van der Waals surface area contributed by atoms with Crippen molar-refractivity contribution in [2.75, 3.05) is 11.9 Å². The summed E-state index contributed by atoms with van der Waals surface area (Å²) in [5, 5.41) is 3.62. The van der Waals surface area contributed by atoms with Gasteiger partial charge in [-0.05, 0) is 42.5 Å². The van der Waals surface area contributed by atoms with E-state index >= 15 is 0 Å². The quantitative estimate of drug-likeness (QED) is 0.788. The van der Waals surface area contributed by atoms with Gasteiger partial charge >= 0.3 is 0 Å². The summed E-state index contributed by atoms with van der Waals surface area (Å²) in [7, 11) is 0. The summed E-state index contributed by atoms with van der Waals surface area (Å²) in [5.74, 6) is 0.596. The molecule has 2 aromatic rings. The molecule has 1 atom stereocenters. The molecule has 1 nitrogen and oxygen atoms in total. The molecule has 1 heteroatoms. The second-order valence-electron chi connectivity index (χ2n) is 5.25. The van der Waals surface area contributed by atoms with E-state index in [1.165, 1.54) is 27.9 Å².